The van der Waals surface area contributed by atoms with E-state index in [-0.39, 0.29) is 0 Å². The molecule has 0 aliphatic carbocycles. The Hall–Kier alpha value is -2.14. The van der Waals surface area contributed by atoms with E-state index in [2.05, 4.69) is 29.2 Å². The van der Waals surface area contributed by atoms with Gasteiger partial charge in [0.25, 0.3) is 0 Å². The van der Waals surface area contributed by atoms with E-state index in [1.54, 1.807) is 11.8 Å². The third kappa shape index (κ3) is 3.61. The van der Waals surface area contributed by atoms with E-state index >= 15 is 0 Å². The Balaban J connectivity index is 1.71. The van der Waals surface area contributed by atoms with Gasteiger partial charge in [-0.3, -0.25) is 0 Å². The molecule has 1 unspecified atom stereocenters. The Morgan fingerprint density at radius 2 is 1.44 bits per heavy atom. The minimum Gasteiger partial charge on any atom is -0.611 e. The van der Waals surface area contributed by atoms with Gasteiger partial charge in [-0.05, 0) is 41.5 Å². The molecule has 1 atom stereocenters. The van der Waals surface area contributed by atoms with Crippen LogP contribution in [0.1, 0.15) is 5.69 Å². The van der Waals surface area contributed by atoms with E-state index in [1.165, 1.54) is 10.3 Å². The second-order valence-electron chi connectivity index (χ2n) is 5.70. The van der Waals surface area contributed by atoms with E-state index < -0.39 is 11.2 Å². The third-order valence-corrected chi connectivity index (χ3v) is 6.50. The highest BCUT2D eigenvalue weighted by atomic mass is 32.2. The van der Waals surface area contributed by atoms with Crippen LogP contribution in [0.25, 0.3) is 10.9 Å². The quantitative estimate of drug-likeness (QED) is 0.467. The average Bonchev–Trinajstić information content (AvgIpc) is 3.00. The number of aromatic nitrogens is 1. The highest BCUT2D eigenvalue weighted by molar-refractivity contribution is 7.99. The Kier molecular flexibility index (Phi) is 4.83. The van der Waals surface area contributed by atoms with Crippen molar-refractivity contribution in [2.45, 2.75) is 20.4 Å². The lowest BCUT2D eigenvalue weighted by Crippen LogP contribution is -2.05. The molecule has 0 fully saturated rings. The van der Waals surface area contributed by atoms with Gasteiger partial charge in [-0.25, -0.2) is 0 Å². The van der Waals surface area contributed by atoms with Crippen molar-refractivity contribution in [2.24, 2.45) is 0 Å². The molecule has 0 radical (unpaired) electrons. The summed E-state index contributed by atoms with van der Waals surface area (Å²) in [7, 11) is 0. The summed E-state index contributed by atoms with van der Waals surface area (Å²) in [4.78, 5) is 6.67. The van der Waals surface area contributed by atoms with Crippen LogP contribution in [0.3, 0.4) is 0 Å². The lowest BCUT2D eigenvalue weighted by Gasteiger charge is -2.11. The molecule has 0 aliphatic rings. The average molecular weight is 364 g/mol. The van der Waals surface area contributed by atoms with Gasteiger partial charge in [0.05, 0.1) is 5.69 Å². The number of fused-ring (bicyclic) bond motifs is 1. The summed E-state index contributed by atoms with van der Waals surface area (Å²) in [5.41, 5.74) is 2.11. The fourth-order valence-corrected chi connectivity index (χ4v) is 5.04. The van der Waals surface area contributed by atoms with Gasteiger partial charge in [-0.2, -0.15) is 0 Å². The predicted molar refractivity (Wildman–Crippen MR) is 105 cm³/mol. The van der Waals surface area contributed by atoms with E-state index in [4.69, 9.17) is 0 Å². The summed E-state index contributed by atoms with van der Waals surface area (Å²) in [6.07, 6.45) is 0. The summed E-state index contributed by atoms with van der Waals surface area (Å²) in [5, 5.41) is 1.18. The van der Waals surface area contributed by atoms with Crippen molar-refractivity contribution in [1.82, 2.24) is 4.98 Å². The number of rotatable bonds is 5. The molecular weight excluding hydrogens is 346 g/mol. The lowest BCUT2D eigenvalue weighted by molar-refractivity contribution is 0.593. The van der Waals surface area contributed by atoms with Crippen molar-refractivity contribution in [3.8, 4) is 0 Å². The molecule has 25 heavy (non-hydrogen) atoms. The van der Waals surface area contributed by atoms with Gasteiger partial charge in [-0.15, -0.1) is 0 Å². The first-order chi connectivity index (χ1) is 12.3. The molecule has 0 saturated heterocycles. The largest absolute Gasteiger partial charge is 0.611 e. The van der Waals surface area contributed by atoms with Crippen LogP contribution in [-0.4, -0.2) is 9.54 Å². The van der Waals surface area contributed by atoms with E-state index in [0.717, 1.165) is 21.0 Å². The zero-order valence-electron chi connectivity index (χ0n) is 13.5. The Morgan fingerprint density at radius 3 is 2.20 bits per heavy atom. The highest BCUT2D eigenvalue weighted by Crippen LogP contribution is 2.37. The first kappa shape index (κ1) is 16.3. The minimum atomic E-state index is -1.07. The maximum absolute atomic E-state index is 12.8. The van der Waals surface area contributed by atoms with Crippen LogP contribution in [-0.2, 0) is 16.9 Å². The van der Waals surface area contributed by atoms with Crippen molar-refractivity contribution < 1.29 is 4.55 Å². The second-order valence-corrected chi connectivity index (χ2v) is 8.23. The third-order valence-electron chi connectivity index (χ3n) is 3.98. The van der Waals surface area contributed by atoms with Crippen molar-refractivity contribution in [3.63, 3.8) is 0 Å². The van der Waals surface area contributed by atoms with Crippen LogP contribution in [0.2, 0.25) is 0 Å². The molecule has 0 spiro atoms. The Labute approximate surface area is 154 Å². The molecule has 0 amide bonds. The SMILES string of the molecule is [O-][S+](Cc1[nH]c2ccccc2c1Sc1ccccc1)c1ccccc1. The van der Waals surface area contributed by atoms with Crippen LogP contribution >= 0.6 is 11.8 Å². The van der Waals surface area contributed by atoms with E-state index in [9.17, 15) is 4.55 Å². The molecule has 4 rings (SSSR count). The fraction of sp³-hybridized carbons (Fsp3) is 0.0476. The number of hydrogen-bond donors (Lipinski definition) is 1. The molecule has 0 aliphatic heterocycles. The summed E-state index contributed by atoms with van der Waals surface area (Å²) < 4.78 is 12.8. The summed E-state index contributed by atoms with van der Waals surface area (Å²) in [6.45, 7) is 0. The maximum atomic E-state index is 12.8. The summed E-state index contributed by atoms with van der Waals surface area (Å²) in [6, 6.07) is 28.2. The smallest absolute Gasteiger partial charge is 0.153 e. The lowest BCUT2D eigenvalue weighted by atomic mass is 10.2. The van der Waals surface area contributed by atoms with Crippen LogP contribution < -0.4 is 0 Å². The highest BCUT2D eigenvalue weighted by Gasteiger charge is 2.19. The normalized spacial score (nSPS) is 12.4. The number of benzene rings is 3. The molecule has 4 aromatic rings. The van der Waals surface area contributed by atoms with E-state index in [0.29, 0.717) is 5.75 Å². The first-order valence-corrected chi connectivity index (χ1v) is 10.2. The van der Waals surface area contributed by atoms with Crippen molar-refractivity contribution in [3.05, 3.63) is 90.6 Å². The van der Waals surface area contributed by atoms with Gasteiger partial charge in [0, 0.05) is 20.7 Å². The number of para-hydroxylation sites is 1. The standard InChI is InChI=1S/C21H17NOS2/c23-25(17-11-5-2-6-12-17)15-20-21(24-16-9-3-1-4-10-16)18-13-7-8-14-19(18)22-20/h1-14,22H,15H2. The fourth-order valence-electron chi connectivity index (χ4n) is 2.78. The van der Waals surface area contributed by atoms with Gasteiger partial charge in [0.1, 0.15) is 0 Å². The predicted octanol–water partition coefficient (Wildman–Crippen LogP) is 5.63. The van der Waals surface area contributed by atoms with Crippen molar-refractivity contribution in [1.29, 1.82) is 0 Å². The molecule has 1 heterocycles. The number of aromatic amines is 1. The molecule has 0 saturated carbocycles. The molecule has 2 nitrogen and oxygen atoms in total. The van der Waals surface area contributed by atoms with E-state index in [1.807, 2.05) is 60.7 Å². The molecule has 1 N–H and O–H groups in total. The van der Waals surface area contributed by atoms with Crippen LogP contribution in [0.4, 0.5) is 0 Å². The first-order valence-electron chi connectivity index (χ1n) is 8.07. The summed E-state index contributed by atoms with van der Waals surface area (Å²) in [5.74, 6) is 0.480. The number of nitrogens with one attached hydrogen (secondary N) is 1. The van der Waals surface area contributed by atoms with Gasteiger partial charge < -0.3 is 9.54 Å². The van der Waals surface area contributed by atoms with Crippen LogP contribution in [0.15, 0.2) is 99.6 Å². The van der Waals surface area contributed by atoms with Gasteiger partial charge in [0.15, 0.2) is 10.6 Å². The molecule has 1 aromatic heterocycles. The van der Waals surface area contributed by atoms with Crippen LogP contribution in [0, 0.1) is 0 Å². The van der Waals surface area contributed by atoms with Crippen molar-refractivity contribution in [2.75, 3.05) is 0 Å². The molecular formula is C21H17NOS2. The monoisotopic (exact) mass is 363 g/mol. The van der Waals surface area contributed by atoms with Gasteiger partial charge in [0.2, 0.25) is 0 Å². The van der Waals surface area contributed by atoms with Crippen molar-refractivity contribution >= 4 is 33.8 Å². The summed E-state index contributed by atoms with van der Waals surface area (Å²) >= 11 is 0.648. The topological polar surface area (TPSA) is 38.8 Å². The van der Waals surface area contributed by atoms with Gasteiger partial charge in [-0.1, -0.05) is 66.4 Å². The number of H-pyrrole nitrogens is 1. The second kappa shape index (κ2) is 7.40. The molecule has 0 bridgehead atoms. The molecule has 124 valence electrons. The zero-order valence-corrected chi connectivity index (χ0v) is 15.1. The Morgan fingerprint density at radius 1 is 0.800 bits per heavy atom. The minimum absolute atomic E-state index is 0.480. The molecule has 4 heteroatoms. The Bertz CT molecular complexity index is 967. The maximum Gasteiger partial charge on any atom is 0.153 e. The van der Waals surface area contributed by atoms with Crippen LogP contribution in [0.5, 0.6) is 0 Å². The molecule has 3 aromatic carbocycles. The number of hydrogen-bond acceptors (Lipinski definition) is 2. The zero-order chi connectivity index (χ0) is 17.1. The van der Waals surface area contributed by atoms with Gasteiger partial charge >= 0.3 is 0 Å².